The van der Waals surface area contributed by atoms with Gasteiger partial charge in [-0.1, -0.05) is 56.7 Å². The fourth-order valence-electron chi connectivity index (χ4n) is 4.51. The van der Waals surface area contributed by atoms with Gasteiger partial charge in [-0.2, -0.15) is 0 Å². The molecule has 6 nitrogen and oxygen atoms in total. The largest absolute Gasteiger partial charge is 0.469 e. The molecule has 6 heteroatoms. The number of carbonyl (C=O) groups excluding carboxylic acids is 2. The molecule has 2 aromatic rings. The minimum absolute atomic E-state index is 0.0442. The number of benzene rings is 2. The smallest absolute Gasteiger partial charge is 0.330 e. The fraction of sp³-hybridized carbons (Fsp3) is 0.481. The summed E-state index contributed by atoms with van der Waals surface area (Å²) in [7, 11) is 0. The molecule has 0 spiro atoms. The Hall–Kier alpha value is -2.86. The van der Waals surface area contributed by atoms with Crippen LogP contribution in [0.2, 0.25) is 0 Å². The first-order valence-corrected chi connectivity index (χ1v) is 11.9. The maximum absolute atomic E-state index is 13.6. The topological polar surface area (TPSA) is 70.1 Å². The van der Waals surface area contributed by atoms with Gasteiger partial charge < -0.3 is 14.7 Å². The summed E-state index contributed by atoms with van der Waals surface area (Å²) in [5.41, 5.74) is 3.20. The Morgan fingerprint density at radius 3 is 2.30 bits per heavy atom. The summed E-state index contributed by atoms with van der Waals surface area (Å²) in [6.45, 7) is 10.9. The molecule has 1 unspecified atom stereocenters. The van der Waals surface area contributed by atoms with E-state index in [0.29, 0.717) is 31.7 Å². The molecule has 3 amide bonds. The highest BCUT2D eigenvalue weighted by molar-refractivity contribution is 6.03. The van der Waals surface area contributed by atoms with Gasteiger partial charge in [0.1, 0.15) is 11.2 Å². The molecule has 0 aliphatic carbocycles. The molecule has 33 heavy (non-hydrogen) atoms. The second-order valence-electron chi connectivity index (χ2n) is 8.94. The zero-order valence-corrected chi connectivity index (χ0v) is 20.4. The molecule has 178 valence electrons. The molecule has 1 N–H and O–H groups in total. The van der Waals surface area contributed by atoms with Crippen LogP contribution in [0.15, 0.2) is 42.5 Å². The predicted molar refractivity (Wildman–Crippen MR) is 129 cm³/mol. The van der Waals surface area contributed by atoms with E-state index in [0.717, 1.165) is 28.7 Å². The van der Waals surface area contributed by atoms with Crippen molar-refractivity contribution in [1.82, 2.24) is 9.80 Å². The number of β-lactam (4-membered cyclic amide) rings is 1. The summed E-state index contributed by atoms with van der Waals surface area (Å²) in [4.78, 5) is 30.0. The van der Waals surface area contributed by atoms with Gasteiger partial charge in [-0.25, -0.2) is 9.69 Å². The minimum Gasteiger partial charge on any atom is -0.469 e. The van der Waals surface area contributed by atoms with Crippen LogP contribution in [-0.4, -0.2) is 39.6 Å². The number of aliphatic hydroxyl groups excluding tert-OH is 1. The van der Waals surface area contributed by atoms with Crippen molar-refractivity contribution in [2.24, 2.45) is 5.41 Å². The number of aliphatic hydroxyl groups is 1. The van der Waals surface area contributed by atoms with Gasteiger partial charge in [-0.15, -0.1) is 0 Å². The highest BCUT2D eigenvalue weighted by Crippen LogP contribution is 2.46. The summed E-state index contributed by atoms with van der Waals surface area (Å²) in [6, 6.07) is 13.2. The van der Waals surface area contributed by atoms with E-state index in [1.54, 1.807) is 11.0 Å². The van der Waals surface area contributed by atoms with Crippen LogP contribution < -0.4 is 4.74 Å². The van der Waals surface area contributed by atoms with Gasteiger partial charge in [0.25, 0.3) is 0 Å². The number of hydrogen-bond acceptors (Lipinski definition) is 4. The maximum Gasteiger partial charge on any atom is 0.330 e. The summed E-state index contributed by atoms with van der Waals surface area (Å²) in [6.07, 6.45) is 1.32. The van der Waals surface area contributed by atoms with Gasteiger partial charge in [0, 0.05) is 13.1 Å². The van der Waals surface area contributed by atoms with Crippen molar-refractivity contribution < 1.29 is 19.4 Å². The van der Waals surface area contributed by atoms with Crippen molar-refractivity contribution in [2.45, 2.75) is 73.3 Å². The molecule has 2 aromatic carbocycles. The number of nitrogens with zero attached hydrogens (tertiary/aromatic N) is 2. The Labute approximate surface area is 197 Å². The maximum atomic E-state index is 13.6. The molecule has 0 bridgehead atoms. The van der Waals surface area contributed by atoms with Crippen LogP contribution in [-0.2, 0) is 17.9 Å². The lowest BCUT2D eigenvalue weighted by Crippen LogP contribution is -2.73. The number of urea groups is 1. The molecule has 3 rings (SSSR count). The molecule has 1 fully saturated rings. The molecule has 0 saturated carbocycles. The van der Waals surface area contributed by atoms with E-state index in [1.807, 2.05) is 71.0 Å². The summed E-state index contributed by atoms with van der Waals surface area (Å²) < 4.78 is 6.30. The van der Waals surface area contributed by atoms with Crippen LogP contribution in [0.1, 0.15) is 62.3 Å². The average molecular weight is 453 g/mol. The number of imide groups is 1. The van der Waals surface area contributed by atoms with Crippen molar-refractivity contribution >= 4 is 11.9 Å². The number of aryl methyl sites for hydroxylation is 2. The van der Waals surface area contributed by atoms with E-state index in [-0.39, 0.29) is 18.5 Å². The van der Waals surface area contributed by atoms with Crippen LogP contribution in [0.4, 0.5) is 4.79 Å². The Morgan fingerprint density at radius 1 is 1.09 bits per heavy atom. The zero-order valence-electron chi connectivity index (χ0n) is 20.4. The van der Waals surface area contributed by atoms with Crippen LogP contribution in [0, 0.1) is 19.3 Å². The minimum atomic E-state index is -0.721. The average Bonchev–Trinajstić information content (AvgIpc) is 2.81. The summed E-state index contributed by atoms with van der Waals surface area (Å²) in [5, 5.41) is 9.46. The van der Waals surface area contributed by atoms with Crippen molar-refractivity contribution in [2.75, 3.05) is 6.54 Å². The van der Waals surface area contributed by atoms with E-state index < -0.39 is 11.6 Å². The molecular formula is C27H36N2O4. The Morgan fingerprint density at radius 2 is 1.76 bits per heavy atom. The number of likely N-dealkylation sites (tertiary alicyclic amines) is 1. The van der Waals surface area contributed by atoms with Crippen molar-refractivity contribution in [3.05, 3.63) is 64.7 Å². The molecule has 1 atom stereocenters. The van der Waals surface area contributed by atoms with E-state index in [4.69, 9.17) is 4.74 Å². The van der Waals surface area contributed by atoms with Gasteiger partial charge >= 0.3 is 6.03 Å². The van der Waals surface area contributed by atoms with Crippen molar-refractivity contribution in [3.63, 3.8) is 0 Å². The van der Waals surface area contributed by atoms with Crippen LogP contribution >= 0.6 is 0 Å². The highest BCUT2D eigenvalue weighted by Gasteiger charge is 2.63. The van der Waals surface area contributed by atoms with Crippen molar-refractivity contribution in [1.29, 1.82) is 0 Å². The number of ether oxygens (including phenoxy) is 1. The lowest BCUT2D eigenvalue weighted by molar-refractivity contribution is -0.192. The third-order valence-corrected chi connectivity index (χ3v) is 6.81. The zero-order chi connectivity index (χ0) is 24.2. The highest BCUT2D eigenvalue weighted by atomic mass is 16.5. The number of hydrogen-bond donors (Lipinski definition) is 1. The Kier molecular flexibility index (Phi) is 7.80. The molecule has 1 heterocycles. The normalized spacial score (nSPS) is 17.0. The SMILES string of the molecule is CCCN(Cc1ccc(C)cc1)C(=O)N1C(=O)C(CC)(CC)C1Oc1ccc(CO)c(C)c1. The van der Waals surface area contributed by atoms with E-state index in [1.165, 1.54) is 4.90 Å². The number of rotatable bonds is 9. The van der Waals surface area contributed by atoms with Gasteiger partial charge in [-0.05, 0) is 61.9 Å². The first-order valence-electron chi connectivity index (χ1n) is 11.9. The Bertz CT molecular complexity index is 982. The second kappa shape index (κ2) is 10.4. The molecule has 0 aromatic heterocycles. The quantitative estimate of drug-likeness (QED) is 0.532. The van der Waals surface area contributed by atoms with E-state index >= 15 is 0 Å². The van der Waals surface area contributed by atoms with Gasteiger partial charge in [-0.3, -0.25) is 4.79 Å². The first kappa shape index (κ1) is 24.8. The third kappa shape index (κ3) is 4.76. The van der Waals surface area contributed by atoms with E-state index in [9.17, 15) is 14.7 Å². The van der Waals surface area contributed by atoms with Crippen LogP contribution in [0.3, 0.4) is 0 Å². The molecule has 1 aliphatic rings. The van der Waals surface area contributed by atoms with Crippen LogP contribution in [0.25, 0.3) is 0 Å². The van der Waals surface area contributed by atoms with Crippen molar-refractivity contribution in [3.8, 4) is 5.75 Å². The predicted octanol–water partition coefficient (Wildman–Crippen LogP) is 5.18. The lowest BCUT2D eigenvalue weighted by atomic mass is 9.72. The summed E-state index contributed by atoms with van der Waals surface area (Å²) >= 11 is 0. The molecule has 1 aliphatic heterocycles. The molecule has 1 saturated heterocycles. The number of carbonyl (C=O) groups is 2. The fourth-order valence-corrected chi connectivity index (χ4v) is 4.51. The standard InChI is InChI=1S/C27H36N2O4/c1-6-15-28(17-21-11-9-19(4)10-12-21)26(32)29-24(31)27(7-2,8-3)25(29)33-23-14-13-22(18-30)20(5)16-23/h9-14,16,25,30H,6-8,15,17-18H2,1-5H3. The number of amides is 3. The molecular weight excluding hydrogens is 416 g/mol. The van der Waals surface area contributed by atoms with Gasteiger partial charge in [0.05, 0.1) is 6.61 Å². The van der Waals surface area contributed by atoms with Gasteiger partial charge in [0.15, 0.2) is 6.23 Å². The lowest BCUT2D eigenvalue weighted by Gasteiger charge is -2.54. The molecule has 0 radical (unpaired) electrons. The van der Waals surface area contributed by atoms with Gasteiger partial charge in [0.2, 0.25) is 5.91 Å². The van der Waals surface area contributed by atoms with Crippen LogP contribution in [0.5, 0.6) is 5.75 Å². The third-order valence-electron chi connectivity index (χ3n) is 6.81. The monoisotopic (exact) mass is 452 g/mol. The summed E-state index contributed by atoms with van der Waals surface area (Å²) in [5.74, 6) is 0.420. The second-order valence-corrected chi connectivity index (χ2v) is 8.94. The first-order chi connectivity index (χ1) is 15.8. The van der Waals surface area contributed by atoms with E-state index in [2.05, 4.69) is 0 Å². The Balaban J connectivity index is 1.88.